The number of amides is 1. The highest BCUT2D eigenvalue weighted by Gasteiger charge is 2.26. The molecule has 1 aromatic carbocycles. The van der Waals surface area contributed by atoms with Gasteiger partial charge in [-0.2, -0.15) is 5.10 Å². The molecule has 6 heteroatoms. The summed E-state index contributed by atoms with van der Waals surface area (Å²) in [6.45, 7) is 2.93. The predicted molar refractivity (Wildman–Crippen MR) is 103 cm³/mol. The zero-order valence-electron chi connectivity index (χ0n) is 14.5. The number of rotatable bonds is 4. The molecule has 0 atom stereocenters. The average molecular weight is 369 g/mol. The monoisotopic (exact) mass is 368 g/mol. The third-order valence-corrected chi connectivity index (χ3v) is 5.12. The van der Waals surface area contributed by atoms with Crippen molar-refractivity contribution in [3.8, 4) is 0 Å². The highest BCUT2D eigenvalue weighted by molar-refractivity contribution is 6.30. The van der Waals surface area contributed by atoms with Gasteiger partial charge in [-0.1, -0.05) is 23.7 Å². The topological polar surface area (TPSA) is 49.3 Å². The molecule has 26 heavy (non-hydrogen) atoms. The van der Waals surface area contributed by atoms with E-state index in [4.69, 9.17) is 11.6 Å². The van der Waals surface area contributed by atoms with Crippen LogP contribution in [-0.4, -0.2) is 47.2 Å². The first-order valence-electron chi connectivity index (χ1n) is 9.00. The lowest BCUT2D eigenvalue weighted by Crippen LogP contribution is -2.48. The molecular formula is C20H21ClN4O. The molecule has 5 nitrogen and oxygen atoms in total. The zero-order chi connectivity index (χ0) is 17.9. The van der Waals surface area contributed by atoms with Crippen LogP contribution >= 0.6 is 11.6 Å². The Balaban J connectivity index is 1.31. The summed E-state index contributed by atoms with van der Waals surface area (Å²) < 4.78 is 0. The van der Waals surface area contributed by atoms with Crippen LogP contribution in [0.25, 0.3) is 6.08 Å². The Morgan fingerprint density at radius 2 is 1.73 bits per heavy atom. The normalized spacial score (nSPS) is 17.7. The summed E-state index contributed by atoms with van der Waals surface area (Å²) in [5, 5.41) is 9.40. The Hall–Kier alpha value is -2.40. The van der Waals surface area contributed by atoms with Gasteiger partial charge >= 0.3 is 0 Å². The van der Waals surface area contributed by atoms with Crippen molar-refractivity contribution in [3.05, 3.63) is 58.8 Å². The van der Waals surface area contributed by atoms with E-state index in [1.165, 1.54) is 12.8 Å². The molecule has 2 aromatic rings. The summed E-state index contributed by atoms with van der Waals surface area (Å²) in [4.78, 5) is 16.4. The van der Waals surface area contributed by atoms with Gasteiger partial charge in [0.2, 0.25) is 5.91 Å². The predicted octanol–water partition coefficient (Wildman–Crippen LogP) is 3.37. The number of carbonyl (C=O) groups is 1. The molecule has 0 N–H and O–H groups in total. The van der Waals surface area contributed by atoms with E-state index in [0.717, 1.165) is 30.2 Å². The molecule has 2 heterocycles. The second kappa shape index (κ2) is 7.46. The van der Waals surface area contributed by atoms with E-state index in [9.17, 15) is 4.79 Å². The smallest absolute Gasteiger partial charge is 0.246 e. The number of hydrogen-bond donors (Lipinski definition) is 0. The van der Waals surface area contributed by atoms with E-state index in [1.54, 1.807) is 6.08 Å². The summed E-state index contributed by atoms with van der Waals surface area (Å²) >= 11 is 5.87. The fourth-order valence-corrected chi connectivity index (χ4v) is 3.23. The van der Waals surface area contributed by atoms with Crippen LogP contribution in [0.5, 0.6) is 0 Å². The van der Waals surface area contributed by atoms with Crippen molar-refractivity contribution in [2.24, 2.45) is 0 Å². The molecule has 0 radical (unpaired) electrons. The summed E-state index contributed by atoms with van der Waals surface area (Å²) in [6, 6.07) is 11.6. The zero-order valence-corrected chi connectivity index (χ0v) is 15.3. The third kappa shape index (κ3) is 4.05. The number of hydrogen-bond acceptors (Lipinski definition) is 4. The Bertz CT molecular complexity index is 792. The van der Waals surface area contributed by atoms with Crippen molar-refractivity contribution < 1.29 is 4.79 Å². The van der Waals surface area contributed by atoms with Gasteiger partial charge in [-0.3, -0.25) is 4.79 Å². The fourth-order valence-electron chi connectivity index (χ4n) is 3.10. The molecular weight excluding hydrogens is 348 g/mol. The molecule has 1 aromatic heterocycles. The number of carbonyl (C=O) groups excluding carboxylic acids is 1. The van der Waals surface area contributed by atoms with Gasteiger partial charge in [0.1, 0.15) is 0 Å². The summed E-state index contributed by atoms with van der Waals surface area (Å²) in [5.41, 5.74) is 2.07. The number of aromatic nitrogens is 2. The van der Waals surface area contributed by atoms with E-state index in [-0.39, 0.29) is 5.91 Å². The molecule has 4 rings (SSSR count). The lowest BCUT2D eigenvalue weighted by Gasteiger charge is -2.34. The van der Waals surface area contributed by atoms with Gasteiger partial charge in [0.25, 0.3) is 0 Å². The van der Waals surface area contributed by atoms with Gasteiger partial charge in [-0.15, -0.1) is 5.10 Å². The highest BCUT2D eigenvalue weighted by Crippen LogP contribution is 2.38. The molecule has 2 fully saturated rings. The van der Waals surface area contributed by atoms with E-state index >= 15 is 0 Å². The second-order valence-electron chi connectivity index (χ2n) is 6.79. The van der Waals surface area contributed by atoms with Crippen molar-refractivity contribution in [2.75, 3.05) is 31.1 Å². The number of halogens is 1. The van der Waals surface area contributed by atoms with Crippen molar-refractivity contribution in [3.63, 3.8) is 0 Å². The van der Waals surface area contributed by atoms with Gasteiger partial charge in [-0.25, -0.2) is 0 Å². The van der Waals surface area contributed by atoms with Crippen LogP contribution in [0, 0.1) is 0 Å². The highest BCUT2D eigenvalue weighted by atomic mass is 35.5. The molecule has 1 amide bonds. The second-order valence-corrected chi connectivity index (χ2v) is 7.22. The lowest BCUT2D eigenvalue weighted by molar-refractivity contribution is -0.126. The molecule has 0 spiro atoms. The minimum atomic E-state index is 0.0368. The van der Waals surface area contributed by atoms with Crippen molar-refractivity contribution in [2.45, 2.75) is 18.8 Å². The molecule has 134 valence electrons. The quantitative estimate of drug-likeness (QED) is 0.776. The number of benzene rings is 1. The van der Waals surface area contributed by atoms with Crippen LogP contribution in [0.1, 0.15) is 30.0 Å². The first-order valence-corrected chi connectivity index (χ1v) is 9.38. The van der Waals surface area contributed by atoms with Crippen molar-refractivity contribution in [1.82, 2.24) is 15.1 Å². The van der Waals surface area contributed by atoms with E-state index in [2.05, 4.69) is 27.2 Å². The first-order chi connectivity index (χ1) is 12.7. The Kier molecular flexibility index (Phi) is 4.89. The maximum atomic E-state index is 12.4. The van der Waals surface area contributed by atoms with Gasteiger partial charge in [0, 0.05) is 43.2 Å². The number of piperazine rings is 1. The number of anilines is 1. The maximum absolute atomic E-state index is 12.4. The average Bonchev–Trinajstić information content (AvgIpc) is 3.53. The van der Waals surface area contributed by atoms with Crippen LogP contribution in [-0.2, 0) is 4.79 Å². The molecule has 2 aliphatic rings. The van der Waals surface area contributed by atoms with Crippen LogP contribution in [0.3, 0.4) is 0 Å². The molecule has 1 saturated heterocycles. The molecule has 0 bridgehead atoms. The van der Waals surface area contributed by atoms with Crippen molar-refractivity contribution >= 4 is 29.4 Å². The standard InChI is InChI=1S/C20H21ClN4O/c21-17-6-1-15(2-7-17)3-10-20(26)25-13-11-24(12-14-25)19-9-8-18(22-23-19)16-4-5-16/h1-3,6-10,16H,4-5,11-14H2/b10-3+. The van der Waals surface area contributed by atoms with E-state index in [1.807, 2.05) is 35.2 Å². The minimum absolute atomic E-state index is 0.0368. The summed E-state index contributed by atoms with van der Waals surface area (Å²) in [6.07, 6.45) is 5.92. The summed E-state index contributed by atoms with van der Waals surface area (Å²) in [7, 11) is 0. The SMILES string of the molecule is O=C(/C=C/c1ccc(Cl)cc1)N1CCN(c2ccc(C3CC3)nn2)CC1. The first kappa shape index (κ1) is 17.0. The van der Waals surface area contributed by atoms with Gasteiger partial charge in [0.05, 0.1) is 5.69 Å². The van der Waals surface area contributed by atoms with Gasteiger partial charge in [-0.05, 0) is 48.7 Å². The van der Waals surface area contributed by atoms with E-state index in [0.29, 0.717) is 24.0 Å². The third-order valence-electron chi connectivity index (χ3n) is 4.87. The molecule has 0 unspecified atom stereocenters. The molecule has 1 saturated carbocycles. The fraction of sp³-hybridized carbons (Fsp3) is 0.350. The van der Waals surface area contributed by atoms with Crippen LogP contribution in [0.15, 0.2) is 42.5 Å². The maximum Gasteiger partial charge on any atom is 0.246 e. The van der Waals surface area contributed by atoms with Crippen molar-refractivity contribution in [1.29, 1.82) is 0 Å². The number of nitrogens with zero attached hydrogens (tertiary/aromatic N) is 4. The Labute approximate surface area is 158 Å². The van der Waals surface area contributed by atoms with Crippen LogP contribution < -0.4 is 4.90 Å². The van der Waals surface area contributed by atoms with E-state index < -0.39 is 0 Å². The largest absolute Gasteiger partial charge is 0.352 e. The summed E-state index contributed by atoms with van der Waals surface area (Å²) in [5.74, 6) is 1.56. The molecule has 1 aliphatic carbocycles. The van der Waals surface area contributed by atoms with Crippen LogP contribution in [0.4, 0.5) is 5.82 Å². The van der Waals surface area contributed by atoms with Gasteiger partial charge in [0.15, 0.2) is 5.82 Å². The molecule has 1 aliphatic heterocycles. The van der Waals surface area contributed by atoms with Crippen LogP contribution in [0.2, 0.25) is 5.02 Å². The Morgan fingerprint density at radius 1 is 1.00 bits per heavy atom. The Morgan fingerprint density at radius 3 is 2.35 bits per heavy atom. The minimum Gasteiger partial charge on any atom is -0.352 e. The van der Waals surface area contributed by atoms with Gasteiger partial charge < -0.3 is 9.80 Å². The lowest BCUT2D eigenvalue weighted by atomic mass is 10.2.